The van der Waals surface area contributed by atoms with Crippen LogP contribution in [0.4, 0.5) is 0 Å². The lowest BCUT2D eigenvalue weighted by atomic mass is 10.0. The van der Waals surface area contributed by atoms with Crippen molar-refractivity contribution in [2.45, 2.75) is 123 Å². The van der Waals surface area contributed by atoms with Gasteiger partial charge in [0, 0.05) is 19.3 Å². The van der Waals surface area contributed by atoms with Crippen molar-refractivity contribution in [3.8, 4) is 0 Å². The van der Waals surface area contributed by atoms with Gasteiger partial charge in [0.2, 0.25) is 0 Å². The lowest BCUT2D eigenvalue weighted by Gasteiger charge is -2.43. The summed E-state index contributed by atoms with van der Waals surface area (Å²) in [6, 6.07) is 1.14. The van der Waals surface area contributed by atoms with E-state index >= 15 is 0 Å². The van der Waals surface area contributed by atoms with Crippen molar-refractivity contribution in [3.05, 3.63) is 0 Å². The molecule has 0 saturated heterocycles. The molecule has 0 radical (unpaired) electrons. The number of hydrogen-bond acceptors (Lipinski definition) is 2. The molecule has 0 unspecified atom stereocenters. The topological polar surface area (TPSA) is 18.5 Å². The Morgan fingerprint density at radius 2 is 1.16 bits per heavy atom. The Morgan fingerprint density at radius 3 is 1.56 bits per heavy atom. The molecule has 0 fully saturated rings. The molecule has 2 nitrogen and oxygen atoms in total. The Hall–Kier alpha value is 0.137. The van der Waals surface area contributed by atoms with Crippen molar-refractivity contribution in [1.82, 2.24) is 0 Å². The van der Waals surface area contributed by atoms with Crippen molar-refractivity contribution < 1.29 is 8.85 Å². The number of unbranched alkanes of at least 4 members (excludes halogenated alkanes) is 8. The maximum Gasteiger partial charge on any atom is 0.343 e. The molecule has 0 amide bonds. The first-order chi connectivity index (χ1) is 11.9. The molecule has 0 atom stereocenters. The summed E-state index contributed by atoms with van der Waals surface area (Å²) in [6.45, 7) is 11.7. The molecule has 0 aliphatic carbocycles. The molecule has 0 aromatic rings. The molecule has 0 aliphatic heterocycles. The molecule has 0 aromatic carbocycles. The maximum atomic E-state index is 6.14. The summed E-state index contributed by atoms with van der Waals surface area (Å²) in [4.78, 5) is 0. The maximum absolute atomic E-state index is 6.14. The summed E-state index contributed by atoms with van der Waals surface area (Å²) >= 11 is 0. The van der Waals surface area contributed by atoms with E-state index in [0.717, 1.165) is 12.0 Å². The van der Waals surface area contributed by atoms with Gasteiger partial charge in [-0.1, -0.05) is 105 Å². The van der Waals surface area contributed by atoms with E-state index in [1.165, 1.54) is 77.0 Å². The second kappa shape index (κ2) is 14.2. The fraction of sp³-hybridized carbons (Fsp3) is 1.00. The van der Waals surface area contributed by atoms with Crippen molar-refractivity contribution >= 4 is 8.56 Å². The molecule has 0 aliphatic rings. The molecule has 25 heavy (non-hydrogen) atoms. The van der Waals surface area contributed by atoms with Gasteiger partial charge in [-0.2, -0.15) is 0 Å². The highest BCUT2D eigenvalue weighted by molar-refractivity contribution is 6.70. The smallest absolute Gasteiger partial charge is 0.343 e. The Labute approximate surface area is 160 Å². The molecule has 0 heterocycles. The summed E-state index contributed by atoms with van der Waals surface area (Å²) in [5, 5.41) is 0.181. The Balaban J connectivity index is 4.31. The summed E-state index contributed by atoms with van der Waals surface area (Å²) in [5.41, 5.74) is 0. The molecule has 0 N–H and O–H groups in total. The first-order valence-electron chi connectivity index (χ1n) is 11.0. The van der Waals surface area contributed by atoms with E-state index in [1.54, 1.807) is 0 Å². The van der Waals surface area contributed by atoms with Gasteiger partial charge in [0.1, 0.15) is 0 Å². The minimum atomic E-state index is -2.17. The average Bonchev–Trinajstić information content (AvgIpc) is 2.61. The molecular weight excluding hydrogens is 324 g/mol. The average molecular weight is 373 g/mol. The quantitative estimate of drug-likeness (QED) is 0.191. The van der Waals surface area contributed by atoms with Gasteiger partial charge in [-0.15, -0.1) is 0 Å². The third-order valence-corrected chi connectivity index (χ3v) is 11.1. The van der Waals surface area contributed by atoms with Crippen LogP contribution in [0.5, 0.6) is 0 Å². The Bertz CT molecular complexity index is 296. The van der Waals surface area contributed by atoms with Gasteiger partial charge in [0.05, 0.1) is 0 Å². The molecule has 152 valence electrons. The van der Waals surface area contributed by atoms with E-state index in [0.29, 0.717) is 0 Å². The zero-order valence-electron chi connectivity index (χ0n) is 18.6. The Morgan fingerprint density at radius 1 is 0.720 bits per heavy atom. The van der Waals surface area contributed by atoms with Gasteiger partial charge in [0.25, 0.3) is 0 Å². The van der Waals surface area contributed by atoms with Crippen LogP contribution in [0.15, 0.2) is 0 Å². The summed E-state index contributed by atoms with van der Waals surface area (Å²) in [6.07, 6.45) is 16.2. The highest BCUT2D eigenvalue weighted by Crippen LogP contribution is 2.47. The molecule has 0 bridgehead atoms. The Kier molecular flexibility index (Phi) is 14.3. The first kappa shape index (κ1) is 25.1. The normalized spacial score (nSPS) is 13.0. The monoisotopic (exact) mass is 372 g/mol. The summed E-state index contributed by atoms with van der Waals surface area (Å²) in [5.74, 6) is 0.731. The lowest BCUT2D eigenvalue weighted by molar-refractivity contribution is 0.195. The first-order valence-corrected chi connectivity index (χ1v) is 13.1. The second-order valence-electron chi connectivity index (χ2n) is 8.51. The van der Waals surface area contributed by atoms with E-state index in [1.807, 2.05) is 14.2 Å². The zero-order chi connectivity index (χ0) is 19.2. The van der Waals surface area contributed by atoms with Crippen molar-refractivity contribution in [1.29, 1.82) is 0 Å². The highest BCUT2D eigenvalue weighted by atomic mass is 28.4. The van der Waals surface area contributed by atoms with Gasteiger partial charge in [-0.05, 0) is 18.4 Å². The molecule has 0 rings (SSSR count). The minimum absolute atomic E-state index is 0.181. The van der Waals surface area contributed by atoms with Crippen LogP contribution in [0.3, 0.4) is 0 Å². The van der Waals surface area contributed by atoms with Gasteiger partial charge < -0.3 is 8.85 Å². The van der Waals surface area contributed by atoms with Gasteiger partial charge in [0.15, 0.2) is 0 Å². The van der Waals surface area contributed by atoms with Crippen LogP contribution < -0.4 is 0 Å². The molecular formula is C22H48O2Si. The van der Waals surface area contributed by atoms with E-state index in [2.05, 4.69) is 34.6 Å². The fourth-order valence-corrected chi connectivity index (χ4v) is 8.16. The molecule has 0 saturated carbocycles. The molecule has 3 heteroatoms. The van der Waals surface area contributed by atoms with Crippen molar-refractivity contribution in [2.24, 2.45) is 5.92 Å². The van der Waals surface area contributed by atoms with Crippen LogP contribution in [0.25, 0.3) is 0 Å². The van der Waals surface area contributed by atoms with Crippen LogP contribution in [0.2, 0.25) is 11.1 Å². The third-order valence-electron chi connectivity index (χ3n) is 6.31. The standard InChI is InChI=1S/C22H48O2Si/c1-8-11-12-13-14-15-16-17-18-19-22(4,5)25(23-6,24-7)20-21(9-2)10-3/h21H,8-20H2,1-7H3. The van der Waals surface area contributed by atoms with Crippen LogP contribution in [-0.4, -0.2) is 22.8 Å². The van der Waals surface area contributed by atoms with Crippen molar-refractivity contribution in [3.63, 3.8) is 0 Å². The van der Waals surface area contributed by atoms with Crippen LogP contribution in [0, 0.1) is 5.92 Å². The van der Waals surface area contributed by atoms with Gasteiger partial charge in [-0.3, -0.25) is 0 Å². The summed E-state index contributed by atoms with van der Waals surface area (Å²) in [7, 11) is 1.60. The van der Waals surface area contributed by atoms with Gasteiger partial charge >= 0.3 is 8.56 Å². The van der Waals surface area contributed by atoms with Crippen LogP contribution in [-0.2, 0) is 8.85 Å². The predicted octanol–water partition coefficient (Wildman–Crippen LogP) is 7.86. The zero-order valence-corrected chi connectivity index (χ0v) is 19.6. The number of hydrogen-bond donors (Lipinski definition) is 0. The SMILES string of the molecule is CCCCCCCCCCCC(C)(C)[Si](CC(CC)CC)(OC)OC. The highest BCUT2D eigenvalue weighted by Gasteiger charge is 2.50. The molecule has 0 aromatic heterocycles. The van der Waals surface area contributed by atoms with Gasteiger partial charge in [-0.25, -0.2) is 0 Å². The van der Waals surface area contributed by atoms with E-state index in [4.69, 9.17) is 8.85 Å². The van der Waals surface area contributed by atoms with E-state index in [9.17, 15) is 0 Å². The predicted molar refractivity (Wildman–Crippen MR) is 115 cm³/mol. The van der Waals surface area contributed by atoms with E-state index < -0.39 is 8.56 Å². The fourth-order valence-electron chi connectivity index (χ4n) is 4.10. The number of rotatable bonds is 17. The van der Waals surface area contributed by atoms with Crippen LogP contribution in [0.1, 0.15) is 112 Å². The van der Waals surface area contributed by atoms with Crippen molar-refractivity contribution in [2.75, 3.05) is 14.2 Å². The summed E-state index contributed by atoms with van der Waals surface area (Å²) < 4.78 is 12.3. The van der Waals surface area contributed by atoms with Crippen LogP contribution >= 0.6 is 0 Å². The second-order valence-corrected chi connectivity index (χ2v) is 12.6. The van der Waals surface area contributed by atoms with E-state index in [-0.39, 0.29) is 5.04 Å². The lowest BCUT2D eigenvalue weighted by Crippen LogP contribution is -2.51. The minimum Gasteiger partial charge on any atom is -0.397 e. The largest absolute Gasteiger partial charge is 0.397 e. The third kappa shape index (κ3) is 9.06. The molecule has 0 spiro atoms.